The van der Waals surface area contributed by atoms with Gasteiger partial charge in [-0.05, 0) is 44.8 Å². The lowest BCUT2D eigenvalue weighted by atomic mass is 9.93. The molecule has 1 heterocycles. The van der Waals surface area contributed by atoms with E-state index in [1.165, 1.54) is 0 Å². The highest BCUT2D eigenvalue weighted by Gasteiger charge is 2.21. The summed E-state index contributed by atoms with van der Waals surface area (Å²) in [5.41, 5.74) is 6.62. The first-order valence-electron chi connectivity index (χ1n) is 6.85. The van der Waals surface area contributed by atoms with Crippen molar-refractivity contribution in [1.82, 2.24) is 4.90 Å². The summed E-state index contributed by atoms with van der Waals surface area (Å²) in [5.74, 6) is 0.729. The zero-order chi connectivity index (χ0) is 13.7. The van der Waals surface area contributed by atoms with Crippen molar-refractivity contribution in [3.05, 3.63) is 39.9 Å². The summed E-state index contributed by atoms with van der Waals surface area (Å²) in [6.07, 6.45) is 3.40. The van der Waals surface area contributed by atoms with Gasteiger partial charge in [-0.25, -0.2) is 0 Å². The first-order chi connectivity index (χ1) is 9.20. The van der Waals surface area contributed by atoms with E-state index in [2.05, 4.69) is 4.90 Å². The van der Waals surface area contributed by atoms with Gasteiger partial charge >= 0.3 is 0 Å². The predicted molar refractivity (Wildman–Crippen MR) is 74.8 cm³/mol. The molecule has 1 aromatic carbocycles. The summed E-state index contributed by atoms with van der Waals surface area (Å²) in [4.78, 5) is 13.0. The number of nitro groups is 1. The lowest BCUT2D eigenvalue weighted by molar-refractivity contribution is -0.385. The summed E-state index contributed by atoms with van der Waals surface area (Å²) in [6, 6.07) is 7.01. The van der Waals surface area contributed by atoms with Gasteiger partial charge in [0.2, 0.25) is 0 Å². The molecule has 5 nitrogen and oxygen atoms in total. The Kier molecular flexibility index (Phi) is 4.87. The number of benzene rings is 1. The fourth-order valence-corrected chi connectivity index (χ4v) is 2.73. The van der Waals surface area contributed by atoms with Crippen LogP contribution in [-0.4, -0.2) is 29.5 Å². The second-order valence-electron chi connectivity index (χ2n) is 5.18. The molecule has 0 unspecified atom stereocenters. The van der Waals surface area contributed by atoms with Crippen molar-refractivity contribution in [1.29, 1.82) is 0 Å². The maximum Gasteiger partial charge on any atom is 0.273 e. The van der Waals surface area contributed by atoms with Gasteiger partial charge in [-0.1, -0.05) is 18.2 Å². The average Bonchev–Trinajstić information content (AvgIpc) is 2.42. The van der Waals surface area contributed by atoms with Crippen LogP contribution >= 0.6 is 0 Å². The lowest BCUT2D eigenvalue weighted by Crippen LogP contribution is -2.34. The number of piperidine rings is 1. The van der Waals surface area contributed by atoms with E-state index in [0.29, 0.717) is 6.54 Å². The van der Waals surface area contributed by atoms with Gasteiger partial charge in [-0.2, -0.15) is 0 Å². The molecule has 0 bridgehead atoms. The minimum Gasteiger partial charge on any atom is -0.330 e. The van der Waals surface area contributed by atoms with E-state index in [-0.39, 0.29) is 10.6 Å². The molecule has 1 aliphatic heterocycles. The van der Waals surface area contributed by atoms with Crippen molar-refractivity contribution < 1.29 is 4.92 Å². The van der Waals surface area contributed by atoms with E-state index in [4.69, 9.17) is 5.73 Å². The lowest BCUT2D eigenvalue weighted by Gasteiger charge is -2.31. The van der Waals surface area contributed by atoms with Gasteiger partial charge < -0.3 is 5.73 Å². The highest BCUT2D eigenvalue weighted by atomic mass is 16.6. The third kappa shape index (κ3) is 3.75. The van der Waals surface area contributed by atoms with Crippen LogP contribution in [-0.2, 0) is 6.54 Å². The SMILES string of the molecule is NCCC1CCN(Cc2ccccc2[N+](=O)[O-])CC1. The van der Waals surface area contributed by atoms with Crippen LogP contribution in [0.15, 0.2) is 24.3 Å². The van der Waals surface area contributed by atoms with Crippen molar-refractivity contribution in [2.75, 3.05) is 19.6 Å². The van der Waals surface area contributed by atoms with Crippen LogP contribution in [0, 0.1) is 16.0 Å². The molecule has 1 fully saturated rings. The van der Waals surface area contributed by atoms with Gasteiger partial charge in [0.05, 0.1) is 4.92 Å². The van der Waals surface area contributed by atoms with Gasteiger partial charge in [-0.15, -0.1) is 0 Å². The van der Waals surface area contributed by atoms with Crippen molar-refractivity contribution >= 4 is 5.69 Å². The average molecular weight is 263 g/mol. The standard InChI is InChI=1S/C14H21N3O2/c15-8-5-12-6-9-16(10-7-12)11-13-3-1-2-4-14(13)17(18)19/h1-4,12H,5-11,15H2. The number of para-hydroxylation sites is 1. The molecule has 1 aromatic rings. The number of likely N-dealkylation sites (tertiary alicyclic amines) is 1. The van der Waals surface area contributed by atoms with E-state index in [1.54, 1.807) is 12.1 Å². The number of nitro benzene ring substituents is 1. The Morgan fingerprint density at radius 2 is 2.00 bits per heavy atom. The number of nitrogens with zero attached hydrogens (tertiary/aromatic N) is 2. The van der Waals surface area contributed by atoms with Gasteiger partial charge in [0.15, 0.2) is 0 Å². The molecular formula is C14H21N3O2. The summed E-state index contributed by atoms with van der Waals surface area (Å²) in [7, 11) is 0. The molecule has 1 aliphatic rings. The Balaban J connectivity index is 1.94. The minimum absolute atomic E-state index is 0.228. The van der Waals surface area contributed by atoms with E-state index in [1.807, 2.05) is 12.1 Å². The largest absolute Gasteiger partial charge is 0.330 e. The van der Waals surface area contributed by atoms with Crippen LogP contribution in [0.5, 0.6) is 0 Å². The summed E-state index contributed by atoms with van der Waals surface area (Å²) >= 11 is 0. The van der Waals surface area contributed by atoms with Crippen molar-refractivity contribution in [2.24, 2.45) is 11.7 Å². The van der Waals surface area contributed by atoms with Gasteiger partial charge in [0.1, 0.15) is 0 Å². The molecule has 0 spiro atoms. The third-order valence-electron chi connectivity index (χ3n) is 3.86. The molecule has 0 amide bonds. The maximum atomic E-state index is 11.0. The van der Waals surface area contributed by atoms with Crippen LogP contribution in [0.3, 0.4) is 0 Å². The zero-order valence-corrected chi connectivity index (χ0v) is 11.1. The molecule has 5 heteroatoms. The maximum absolute atomic E-state index is 11.0. The van der Waals surface area contributed by atoms with E-state index in [9.17, 15) is 10.1 Å². The molecule has 0 aliphatic carbocycles. The molecule has 0 saturated carbocycles. The number of rotatable bonds is 5. The Bertz CT molecular complexity index is 428. The van der Waals surface area contributed by atoms with E-state index < -0.39 is 0 Å². The van der Waals surface area contributed by atoms with E-state index >= 15 is 0 Å². The van der Waals surface area contributed by atoms with Gasteiger partial charge in [-0.3, -0.25) is 15.0 Å². The Morgan fingerprint density at radius 3 is 2.63 bits per heavy atom. The molecule has 2 rings (SSSR count). The molecule has 1 saturated heterocycles. The monoisotopic (exact) mass is 263 g/mol. The molecule has 19 heavy (non-hydrogen) atoms. The van der Waals surface area contributed by atoms with Crippen LogP contribution in [0.25, 0.3) is 0 Å². The number of hydrogen-bond acceptors (Lipinski definition) is 4. The fourth-order valence-electron chi connectivity index (χ4n) is 2.73. The Hall–Kier alpha value is -1.46. The zero-order valence-electron chi connectivity index (χ0n) is 11.1. The smallest absolute Gasteiger partial charge is 0.273 e. The topological polar surface area (TPSA) is 72.4 Å². The third-order valence-corrected chi connectivity index (χ3v) is 3.86. The predicted octanol–water partition coefficient (Wildman–Crippen LogP) is 2.16. The van der Waals surface area contributed by atoms with Gasteiger partial charge in [0, 0.05) is 18.2 Å². The van der Waals surface area contributed by atoms with Gasteiger partial charge in [0.25, 0.3) is 5.69 Å². The second kappa shape index (κ2) is 6.63. The number of hydrogen-bond donors (Lipinski definition) is 1. The molecule has 0 aromatic heterocycles. The number of nitrogens with two attached hydrogens (primary N) is 1. The van der Waals surface area contributed by atoms with Crippen molar-refractivity contribution in [3.63, 3.8) is 0 Å². The van der Waals surface area contributed by atoms with Crippen LogP contribution in [0.2, 0.25) is 0 Å². The molecule has 2 N–H and O–H groups in total. The fraction of sp³-hybridized carbons (Fsp3) is 0.571. The second-order valence-corrected chi connectivity index (χ2v) is 5.18. The summed E-state index contributed by atoms with van der Waals surface area (Å²) in [6.45, 7) is 3.45. The van der Waals surface area contributed by atoms with Crippen molar-refractivity contribution in [2.45, 2.75) is 25.8 Å². The molecule has 104 valence electrons. The van der Waals surface area contributed by atoms with Crippen LogP contribution in [0.4, 0.5) is 5.69 Å². The molecule has 0 atom stereocenters. The van der Waals surface area contributed by atoms with Crippen molar-refractivity contribution in [3.8, 4) is 0 Å². The normalized spacial score (nSPS) is 17.5. The minimum atomic E-state index is -0.295. The van der Waals surface area contributed by atoms with Crippen LogP contribution < -0.4 is 5.73 Å². The highest BCUT2D eigenvalue weighted by molar-refractivity contribution is 5.39. The first kappa shape index (κ1) is 14.0. The molecular weight excluding hydrogens is 242 g/mol. The summed E-state index contributed by atoms with van der Waals surface area (Å²) < 4.78 is 0. The quantitative estimate of drug-likeness (QED) is 0.652. The first-order valence-corrected chi connectivity index (χ1v) is 6.85. The van der Waals surface area contributed by atoms with Crippen LogP contribution in [0.1, 0.15) is 24.8 Å². The Morgan fingerprint density at radius 1 is 1.32 bits per heavy atom. The Labute approximate surface area is 113 Å². The molecule has 0 radical (unpaired) electrons. The summed E-state index contributed by atoms with van der Waals surface area (Å²) in [5, 5.41) is 11.0. The van der Waals surface area contributed by atoms with E-state index in [0.717, 1.165) is 50.4 Å². The highest BCUT2D eigenvalue weighted by Crippen LogP contribution is 2.24.